The standard InChI is InChI=1S/C21H27BCl2N2O6/c1-12(2)7-14(22-26(4,11-19(28)31-22)13(3)21(30)32-22)8-16(27)10-25-20(29)17-9-15(23)5-6-18(17)24/h5-6,9,12-14H,7-8,10-11H2,1-4H3,(H,25,29)/t13-,14-,22?,26?/m1/s1. The number of amides is 1. The number of fused-ring (bicyclic) bond motifs is 1. The van der Waals surface area contributed by atoms with E-state index in [0.29, 0.717) is 11.4 Å². The molecule has 32 heavy (non-hydrogen) atoms. The molecule has 1 aromatic rings. The number of likely N-dealkylation sites (N-methyl/N-ethyl adjacent to an activating group) is 1. The lowest BCUT2D eigenvalue weighted by Crippen LogP contribution is -2.65. The van der Waals surface area contributed by atoms with Crippen LogP contribution in [0.3, 0.4) is 0 Å². The van der Waals surface area contributed by atoms with Gasteiger partial charge in [-0.25, -0.2) is 4.79 Å². The summed E-state index contributed by atoms with van der Waals surface area (Å²) in [5, 5.41) is 3.13. The van der Waals surface area contributed by atoms with Crippen molar-refractivity contribution in [1.82, 2.24) is 5.32 Å². The van der Waals surface area contributed by atoms with Crippen LogP contribution >= 0.6 is 23.2 Å². The van der Waals surface area contributed by atoms with Crippen LogP contribution in [0.2, 0.25) is 15.9 Å². The number of carbonyl (C=O) groups excluding carboxylic acids is 4. The van der Waals surface area contributed by atoms with E-state index in [-0.39, 0.29) is 46.2 Å². The minimum Gasteiger partial charge on any atom is -0.600 e. The molecule has 174 valence electrons. The lowest BCUT2D eigenvalue weighted by atomic mass is 9.51. The van der Waals surface area contributed by atoms with Crippen LogP contribution in [0.5, 0.6) is 0 Å². The Morgan fingerprint density at radius 1 is 1.25 bits per heavy atom. The van der Waals surface area contributed by atoms with Crippen LogP contribution in [-0.2, 0) is 23.7 Å². The first-order valence-corrected chi connectivity index (χ1v) is 11.3. The van der Waals surface area contributed by atoms with Crippen molar-refractivity contribution in [3.05, 3.63) is 33.8 Å². The highest BCUT2D eigenvalue weighted by molar-refractivity contribution is 6.68. The van der Waals surface area contributed by atoms with Gasteiger partial charge in [-0.2, -0.15) is 0 Å². The van der Waals surface area contributed by atoms with Crippen LogP contribution in [0.1, 0.15) is 44.0 Å². The van der Waals surface area contributed by atoms with Gasteiger partial charge in [-0.3, -0.25) is 14.4 Å². The molecule has 1 N–H and O–H groups in total. The minimum atomic E-state index is -2.40. The van der Waals surface area contributed by atoms with Crippen molar-refractivity contribution in [3.8, 4) is 0 Å². The number of benzene rings is 1. The van der Waals surface area contributed by atoms with Crippen LogP contribution in [0.15, 0.2) is 18.2 Å². The number of rotatable bonds is 8. The summed E-state index contributed by atoms with van der Waals surface area (Å²) in [6.07, 6.45) is 0.504. The van der Waals surface area contributed by atoms with E-state index in [0.717, 1.165) is 0 Å². The van der Waals surface area contributed by atoms with E-state index < -0.39 is 36.4 Å². The van der Waals surface area contributed by atoms with Crippen molar-refractivity contribution < 1.29 is 32.9 Å². The normalized spacial score (nSPS) is 27.7. The largest absolute Gasteiger partial charge is 0.600 e. The third kappa shape index (κ3) is 4.38. The van der Waals surface area contributed by atoms with Gasteiger partial charge in [0.25, 0.3) is 5.91 Å². The van der Waals surface area contributed by atoms with Gasteiger partial charge < -0.3 is 19.0 Å². The van der Waals surface area contributed by atoms with Crippen LogP contribution in [0, 0.1) is 5.92 Å². The molecule has 1 aromatic carbocycles. The van der Waals surface area contributed by atoms with E-state index >= 15 is 0 Å². The van der Waals surface area contributed by atoms with E-state index in [2.05, 4.69) is 5.32 Å². The zero-order chi connectivity index (χ0) is 23.8. The van der Waals surface area contributed by atoms with Gasteiger partial charge in [0.2, 0.25) is 0 Å². The maximum Gasteiger partial charge on any atom is 0.587 e. The average molecular weight is 485 g/mol. The number of hydrogen-bond acceptors (Lipinski definition) is 6. The summed E-state index contributed by atoms with van der Waals surface area (Å²) in [6.45, 7) is 3.04. The van der Waals surface area contributed by atoms with E-state index in [1.54, 1.807) is 20.0 Å². The predicted molar refractivity (Wildman–Crippen MR) is 120 cm³/mol. The maximum atomic E-state index is 12.9. The highest BCUT2D eigenvalue weighted by Crippen LogP contribution is 2.48. The molecule has 2 aliphatic heterocycles. The van der Waals surface area contributed by atoms with Crippen LogP contribution in [0.4, 0.5) is 0 Å². The average Bonchev–Trinajstić information content (AvgIpc) is 3.06. The van der Waals surface area contributed by atoms with Crippen molar-refractivity contribution in [2.75, 3.05) is 20.1 Å². The van der Waals surface area contributed by atoms with Crippen LogP contribution in [-0.4, -0.2) is 60.9 Å². The molecule has 2 saturated heterocycles. The van der Waals surface area contributed by atoms with Gasteiger partial charge in [-0.15, -0.1) is 0 Å². The second-order valence-corrected chi connectivity index (χ2v) is 10.1. The summed E-state index contributed by atoms with van der Waals surface area (Å²) in [5.74, 6) is -2.03. The predicted octanol–water partition coefficient (Wildman–Crippen LogP) is 2.99. The van der Waals surface area contributed by atoms with Gasteiger partial charge in [0, 0.05) is 12.1 Å². The van der Waals surface area contributed by atoms with E-state index in [9.17, 15) is 19.2 Å². The highest BCUT2D eigenvalue weighted by Gasteiger charge is 2.71. The Hall–Kier alpha value is -2.10. The minimum absolute atomic E-state index is 0.00676. The zero-order valence-corrected chi connectivity index (χ0v) is 20.0. The second kappa shape index (κ2) is 9.04. The molecule has 0 aliphatic carbocycles. The van der Waals surface area contributed by atoms with Gasteiger partial charge in [0.1, 0.15) is 18.4 Å². The molecule has 2 fully saturated rings. The first kappa shape index (κ1) is 24.5. The van der Waals surface area contributed by atoms with Crippen molar-refractivity contribution >= 4 is 53.5 Å². The number of hydrogen-bond donors (Lipinski definition) is 1. The number of halogens is 2. The lowest BCUT2D eigenvalue weighted by molar-refractivity contribution is -0.817. The SMILES string of the molecule is CC(C)C[C@H](CC(=O)CNC(=O)c1cc(Cl)ccc1Cl)[B-]12OC(=O)C[N+]1(C)[C@H](C)C(=O)O2. The summed E-state index contributed by atoms with van der Waals surface area (Å²) in [6, 6.07) is 3.92. The molecule has 0 bridgehead atoms. The Labute approximate surface area is 197 Å². The molecule has 1 amide bonds. The van der Waals surface area contributed by atoms with Crippen molar-refractivity contribution in [1.29, 1.82) is 0 Å². The Balaban J connectivity index is 1.77. The highest BCUT2D eigenvalue weighted by atomic mass is 35.5. The zero-order valence-electron chi connectivity index (χ0n) is 18.5. The smallest absolute Gasteiger partial charge is 0.587 e. The molecule has 8 nitrogen and oxygen atoms in total. The molecule has 3 rings (SSSR count). The quantitative estimate of drug-likeness (QED) is 0.569. The van der Waals surface area contributed by atoms with Crippen molar-refractivity contribution in [2.45, 2.75) is 45.5 Å². The summed E-state index contributed by atoms with van der Waals surface area (Å²) in [4.78, 5) is 50.0. The van der Waals surface area contributed by atoms with Gasteiger partial charge in [-0.05, 0) is 43.3 Å². The van der Waals surface area contributed by atoms with Gasteiger partial charge in [0.05, 0.1) is 17.1 Å². The third-order valence-electron chi connectivity index (χ3n) is 6.58. The summed E-state index contributed by atoms with van der Waals surface area (Å²) in [7, 11) is 1.77. The molecule has 2 aliphatic rings. The van der Waals surface area contributed by atoms with Gasteiger partial charge in [0.15, 0.2) is 0 Å². The summed E-state index contributed by atoms with van der Waals surface area (Å²) in [5.41, 5.74) is 0.168. The number of quaternary nitrogens is 1. The van der Waals surface area contributed by atoms with Crippen LogP contribution in [0.25, 0.3) is 0 Å². The summed E-state index contributed by atoms with van der Waals surface area (Å²) >= 11 is 12.0. The molecule has 11 heteroatoms. The molecule has 2 heterocycles. The number of carbonyl (C=O) groups is 4. The molecule has 0 spiro atoms. The first-order chi connectivity index (χ1) is 14.9. The van der Waals surface area contributed by atoms with Crippen molar-refractivity contribution in [3.63, 3.8) is 0 Å². The molecular weight excluding hydrogens is 458 g/mol. The third-order valence-corrected chi connectivity index (χ3v) is 7.15. The Bertz CT molecular complexity index is 974. The number of Topliss-reactive ketones (excluding diaryl/α,β-unsaturated/α-hetero) is 1. The molecule has 0 saturated carbocycles. The Morgan fingerprint density at radius 2 is 1.94 bits per heavy atom. The topological polar surface area (TPSA) is 98.8 Å². The van der Waals surface area contributed by atoms with Crippen molar-refractivity contribution in [2.24, 2.45) is 5.92 Å². The fourth-order valence-corrected chi connectivity index (χ4v) is 5.22. The lowest BCUT2D eigenvalue weighted by Gasteiger charge is -2.46. The Kier molecular flexibility index (Phi) is 6.93. The number of nitrogens with one attached hydrogen (secondary N) is 1. The van der Waals surface area contributed by atoms with Gasteiger partial charge >= 0.3 is 18.6 Å². The molecule has 0 aromatic heterocycles. The molecule has 4 atom stereocenters. The first-order valence-electron chi connectivity index (χ1n) is 10.6. The molecule has 2 unspecified atom stereocenters. The fourth-order valence-electron chi connectivity index (χ4n) is 4.84. The fraction of sp³-hybridized carbons (Fsp3) is 0.524. The number of nitrogens with zero attached hydrogens (tertiary/aromatic N) is 1. The van der Waals surface area contributed by atoms with Crippen LogP contribution < -0.4 is 5.32 Å². The van der Waals surface area contributed by atoms with E-state index in [1.165, 1.54) is 12.1 Å². The number of ketones is 1. The molecule has 0 radical (unpaired) electrons. The van der Waals surface area contributed by atoms with E-state index in [4.69, 9.17) is 32.5 Å². The maximum absolute atomic E-state index is 12.9. The second-order valence-electron chi connectivity index (χ2n) is 9.28. The molecular formula is C21H27BCl2N2O6. The summed E-state index contributed by atoms with van der Waals surface area (Å²) < 4.78 is 11.4. The van der Waals surface area contributed by atoms with E-state index in [1.807, 2.05) is 13.8 Å². The van der Waals surface area contributed by atoms with Gasteiger partial charge in [-0.1, -0.05) is 43.5 Å². The monoisotopic (exact) mass is 484 g/mol. The Morgan fingerprint density at radius 3 is 2.59 bits per heavy atom.